The van der Waals surface area contributed by atoms with E-state index in [1.54, 1.807) is 32.5 Å². The van der Waals surface area contributed by atoms with Crippen LogP contribution in [0.5, 0.6) is 11.6 Å². The van der Waals surface area contributed by atoms with Gasteiger partial charge in [-0.2, -0.15) is 0 Å². The maximum atomic E-state index is 12.9. The third-order valence-corrected chi connectivity index (χ3v) is 5.00. The van der Waals surface area contributed by atoms with Crippen LogP contribution in [0.2, 0.25) is 0 Å². The Morgan fingerprint density at radius 1 is 1.19 bits per heavy atom. The molecule has 0 saturated carbocycles. The SMILES string of the molecule is COc1ccc(CCC2CCCN(C(=O)c3cccnc3OC)C2)cc1. The van der Waals surface area contributed by atoms with Crippen molar-refractivity contribution in [3.05, 3.63) is 53.7 Å². The Morgan fingerprint density at radius 3 is 2.73 bits per heavy atom. The molecular weight excluding hydrogens is 328 g/mol. The van der Waals surface area contributed by atoms with Crippen molar-refractivity contribution in [3.63, 3.8) is 0 Å². The van der Waals surface area contributed by atoms with Gasteiger partial charge >= 0.3 is 0 Å². The van der Waals surface area contributed by atoms with Crippen LogP contribution in [0, 0.1) is 5.92 Å². The molecule has 2 heterocycles. The Balaban J connectivity index is 1.59. The highest BCUT2D eigenvalue weighted by Crippen LogP contribution is 2.25. The number of carbonyl (C=O) groups is 1. The molecule has 3 rings (SSSR count). The number of pyridine rings is 1. The summed E-state index contributed by atoms with van der Waals surface area (Å²) in [5, 5.41) is 0. The minimum absolute atomic E-state index is 0.0177. The van der Waals surface area contributed by atoms with Crippen molar-refractivity contribution in [2.75, 3.05) is 27.3 Å². The molecule has 1 saturated heterocycles. The summed E-state index contributed by atoms with van der Waals surface area (Å²) in [6.45, 7) is 1.60. The summed E-state index contributed by atoms with van der Waals surface area (Å²) >= 11 is 0. The van der Waals surface area contributed by atoms with E-state index >= 15 is 0 Å². The van der Waals surface area contributed by atoms with Gasteiger partial charge in [-0.25, -0.2) is 4.98 Å². The molecule has 26 heavy (non-hydrogen) atoms. The van der Waals surface area contributed by atoms with Crippen molar-refractivity contribution in [1.29, 1.82) is 0 Å². The molecule has 1 aliphatic heterocycles. The smallest absolute Gasteiger partial charge is 0.259 e. The van der Waals surface area contributed by atoms with E-state index < -0.39 is 0 Å². The summed E-state index contributed by atoms with van der Waals surface area (Å²) < 4.78 is 10.4. The first-order chi connectivity index (χ1) is 12.7. The first-order valence-corrected chi connectivity index (χ1v) is 9.12. The molecule has 1 atom stereocenters. The molecule has 0 spiro atoms. The molecule has 1 amide bonds. The Morgan fingerprint density at radius 2 is 2.00 bits per heavy atom. The predicted octanol–water partition coefficient (Wildman–Crippen LogP) is 3.58. The topological polar surface area (TPSA) is 51.7 Å². The van der Waals surface area contributed by atoms with Crippen LogP contribution >= 0.6 is 0 Å². The number of amides is 1. The highest BCUT2D eigenvalue weighted by atomic mass is 16.5. The summed E-state index contributed by atoms with van der Waals surface area (Å²) in [5.41, 5.74) is 1.86. The van der Waals surface area contributed by atoms with E-state index in [1.807, 2.05) is 17.0 Å². The van der Waals surface area contributed by atoms with Gasteiger partial charge in [-0.05, 0) is 61.4 Å². The monoisotopic (exact) mass is 354 g/mol. The number of carbonyl (C=O) groups excluding carboxylic acids is 1. The predicted molar refractivity (Wildman–Crippen MR) is 101 cm³/mol. The Labute approximate surface area is 155 Å². The number of likely N-dealkylation sites (tertiary alicyclic amines) is 1. The van der Waals surface area contributed by atoms with Gasteiger partial charge in [0.2, 0.25) is 5.88 Å². The number of rotatable bonds is 6. The minimum Gasteiger partial charge on any atom is -0.497 e. The lowest BCUT2D eigenvalue weighted by Gasteiger charge is -2.33. The number of ether oxygens (including phenoxy) is 2. The first kappa shape index (κ1) is 18.2. The molecule has 138 valence electrons. The zero-order chi connectivity index (χ0) is 18.4. The summed E-state index contributed by atoms with van der Waals surface area (Å²) in [6.07, 6.45) is 5.96. The van der Waals surface area contributed by atoms with Crippen molar-refractivity contribution < 1.29 is 14.3 Å². The summed E-state index contributed by atoms with van der Waals surface area (Å²) in [5.74, 6) is 1.83. The van der Waals surface area contributed by atoms with Crippen molar-refractivity contribution in [2.45, 2.75) is 25.7 Å². The second kappa shape index (κ2) is 8.70. The fraction of sp³-hybridized carbons (Fsp3) is 0.429. The van der Waals surface area contributed by atoms with Gasteiger partial charge in [0.25, 0.3) is 5.91 Å². The lowest BCUT2D eigenvalue weighted by atomic mass is 9.91. The molecular formula is C21H26N2O3. The van der Waals surface area contributed by atoms with Gasteiger partial charge in [0.05, 0.1) is 14.2 Å². The highest BCUT2D eigenvalue weighted by Gasteiger charge is 2.26. The summed E-state index contributed by atoms with van der Waals surface area (Å²) in [6, 6.07) is 11.8. The quantitative estimate of drug-likeness (QED) is 0.796. The number of hydrogen-bond acceptors (Lipinski definition) is 4. The van der Waals surface area contributed by atoms with Gasteiger partial charge in [0, 0.05) is 19.3 Å². The molecule has 1 unspecified atom stereocenters. The van der Waals surface area contributed by atoms with Crippen molar-refractivity contribution in [2.24, 2.45) is 5.92 Å². The van der Waals surface area contributed by atoms with Crippen LogP contribution in [-0.2, 0) is 6.42 Å². The number of hydrogen-bond donors (Lipinski definition) is 0. The van der Waals surface area contributed by atoms with Crippen molar-refractivity contribution in [3.8, 4) is 11.6 Å². The van der Waals surface area contributed by atoms with E-state index in [4.69, 9.17) is 9.47 Å². The van der Waals surface area contributed by atoms with E-state index in [1.165, 1.54) is 12.0 Å². The molecule has 1 fully saturated rings. The fourth-order valence-electron chi connectivity index (χ4n) is 3.53. The molecule has 5 heteroatoms. The molecule has 0 radical (unpaired) electrons. The van der Waals surface area contributed by atoms with Crippen LogP contribution in [0.3, 0.4) is 0 Å². The van der Waals surface area contributed by atoms with E-state index in [9.17, 15) is 4.79 Å². The van der Waals surface area contributed by atoms with E-state index in [0.717, 1.165) is 38.1 Å². The highest BCUT2D eigenvalue weighted by molar-refractivity contribution is 5.96. The molecule has 1 aliphatic rings. The largest absolute Gasteiger partial charge is 0.497 e. The number of aryl methyl sites for hydroxylation is 1. The van der Waals surface area contributed by atoms with Gasteiger partial charge in [0.1, 0.15) is 11.3 Å². The average molecular weight is 354 g/mol. The van der Waals surface area contributed by atoms with E-state index in [0.29, 0.717) is 17.4 Å². The maximum absolute atomic E-state index is 12.9. The Hall–Kier alpha value is -2.56. The van der Waals surface area contributed by atoms with Crippen LogP contribution in [0.4, 0.5) is 0 Å². The molecule has 2 aromatic rings. The first-order valence-electron chi connectivity index (χ1n) is 9.12. The molecule has 0 bridgehead atoms. The van der Waals surface area contributed by atoms with Gasteiger partial charge in [-0.3, -0.25) is 4.79 Å². The van der Waals surface area contributed by atoms with E-state index in [2.05, 4.69) is 17.1 Å². The van der Waals surface area contributed by atoms with Gasteiger partial charge in [-0.1, -0.05) is 12.1 Å². The second-order valence-corrected chi connectivity index (χ2v) is 6.71. The molecule has 1 aromatic carbocycles. The average Bonchev–Trinajstić information content (AvgIpc) is 2.72. The zero-order valence-electron chi connectivity index (χ0n) is 15.5. The van der Waals surface area contributed by atoms with Gasteiger partial charge in [-0.15, -0.1) is 0 Å². The van der Waals surface area contributed by atoms with Crippen LogP contribution in [0.1, 0.15) is 35.2 Å². The third-order valence-electron chi connectivity index (χ3n) is 5.00. The number of aromatic nitrogens is 1. The number of nitrogens with zero attached hydrogens (tertiary/aromatic N) is 2. The van der Waals surface area contributed by atoms with Crippen molar-refractivity contribution in [1.82, 2.24) is 9.88 Å². The fourth-order valence-corrected chi connectivity index (χ4v) is 3.53. The second-order valence-electron chi connectivity index (χ2n) is 6.71. The lowest BCUT2D eigenvalue weighted by molar-refractivity contribution is 0.0664. The van der Waals surface area contributed by atoms with Gasteiger partial charge < -0.3 is 14.4 Å². The molecule has 0 N–H and O–H groups in total. The molecule has 5 nitrogen and oxygen atoms in total. The normalized spacial score (nSPS) is 17.0. The summed E-state index contributed by atoms with van der Waals surface area (Å²) in [4.78, 5) is 19.0. The number of methoxy groups -OCH3 is 2. The zero-order valence-corrected chi connectivity index (χ0v) is 15.5. The summed E-state index contributed by atoms with van der Waals surface area (Å²) in [7, 11) is 3.23. The van der Waals surface area contributed by atoms with E-state index in [-0.39, 0.29) is 5.91 Å². The lowest BCUT2D eigenvalue weighted by Crippen LogP contribution is -2.40. The maximum Gasteiger partial charge on any atom is 0.259 e. The molecule has 1 aromatic heterocycles. The molecule has 0 aliphatic carbocycles. The Bertz CT molecular complexity index is 730. The number of piperidine rings is 1. The van der Waals surface area contributed by atoms with Crippen LogP contribution in [0.15, 0.2) is 42.6 Å². The van der Waals surface area contributed by atoms with Crippen LogP contribution in [-0.4, -0.2) is 43.1 Å². The van der Waals surface area contributed by atoms with Crippen LogP contribution < -0.4 is 9.47 Å². The van der Waals surface area contributed by atoms with Crippen LogP contribution in [0.25, 0.3) is 0 Å². The number of benzene rings is 1. The van der Waals surface area contributed by atoms with Gasteiger partial charge in [0.15, 0.2) is 0 Å². The minimum atomic E-state index is 0.0177. The third kappa shape index (κ3) is 4.34. The van der Waals surface area contributed by atoms with Crippen molar-refractivity contribution >= 4 is 5.91 Å². The standard InChI is InChI=1S/C21H26N2O3/c1-25-18-11-9-16(10-12-18)7-8-17-5-4-14-23(15-17)21(24)19-6-3-13-22-20(19)26-2/h3,6,9-13,17H,4-5,7-8,14-15H2,1-2H3. The Kier molecular flexibility index (Phi) is 6.10.